The van der Waals surface area contributed by atoms with Crippen LogP contribution in [-0.4, -0.2) is 7.11 Å². The zero-order valence-corrected chi connectivity index (χ0v) is 12.5. The van der Waals surface area contributed by atoms with Gasteiger partial charge in [0.2, 0.25) is 0 Å². The molecule has 5 heteroatoms. The van der Waals surface area contributed by atoms with Crippen LogP contribution in [0.5, 0.6) is 11.5 Å². The number of furan rings is 1. The Hall–Kier alpha value is -1.46. The van der Waals surface area contributed by atoms with Crippen LogP contribution in [-0.2, 0) is 13.2 Å². The largest absolute Gasteiger partial charge is 0.497 e. The molecule has 0 aliphatic rings. The van der Waals surface area contributed by atoms with Crippen molar-refractivity contribution in [3.63, 3.8) is 0 Å². The molecule has 4 nitrogen and oxygen atoms in total. The summed E-state index contributed by atoms with van der Waals surface area (Å²) in [5.74, 6) is 3.15. The van der Waals surface area contributed by atoms with Crippen molar-refractivity contribution in [1.29, 1.82) is 0 Å². The zero-order chi connectivity index (χ0) is 13.8. The van der Waals surface area contributed by atoms with E-state index in [-0.39, 0.29) is 0 Å². The Labute approximate surface area is 120 Å². The number of hydrogen-bond donors (Lipinski definition) is 1. The summed E-state index contributed by atoms with van der Waals surface area (Å²) >= 11 is 3.45. The lowest BCUT2D eigenvalue weighted by Crippen LogP contribution is -1.97. The molecular weight excluding hydrogens is 310 g/mol. The molecule has 0 saturated carbocycles. The summed E-state index contributed by atoms with van der Waals surface area (Å²) in [6, 6.07) is 7.51. The Kier molecular flexibility index (Phi) is 4.50. The maximum atomic E-state index is 5.76. The Morgan fingerprint density at radius 2 is 2.11 bits per heavy atom. The normalized spacial score (nSPS) is 10.5. The number of aryl methyl sites for hydroxylation is 1. The van der Waals surface area contributed by atoms with E-state index in [1.807, 2.05) is 31.2 Å². The van der Waals surface area contributed by atoms with Crippen LogP contribution in [0.15, 0.2) is 33.2 Å². The molecule has 0 saturated heterocycles. The second kappa shape index (κ2) is 6.12. The van der Waals surface area contributed by atoms with Crippen molar-refractivity contribution < 1.29 is 13.9 Å². The number of ether oxygens (including phenoxy) is 2. The van der Waals surface area contributed by atoms with Crippen LogP contribution < -0.4 is 15.2 Å². The summed E-state index contributed by atoms with van der Waals surface area (Å²) < 4.78 is 17.2. The average Bonchev–Trinajstić information content (AvgIpc) is 2.78. The third kappa shape index (κ3) is 3.30. The van der Waals surface area contributed by atoms with E-state index in [1.54, 1.807) is 7.11 Å². The highest BCUT2D eigenvalue weighted by Crippen LogP contribution is 2.30. The number of benzene rings is 1. The zero-order valence-electron chi connectivity index (χ0n) is 10.9. The Morgan fingerprint density at radius 3 is 2.68 bits per heavy atom. The van der Waals surface area contributed by atoms with E-state index in [4.69, 9.17) is 19.6 Å². The topological polar surface area (TPSA) is 57.6 Å². The lowest BCUT2D eigenvalue weighted by atomic mass is 10.2. The predicted octanol–water partition coefficient (Wildman–Crippen LogP) is 3.40. The molecule has 0 aliphatic carbocycles. The van der Waals surface area contributed by atoms with Crippen molar-refractivity contribution in [3.8, 4) is 11.5 Å². The van der Waals surface area contributed by atoms with Crippen LogP contribution in [0.4, 0.5) is 0 Å². The molecule has 2 N–H and O–H groups in total. The lowest BCUT2D eigenvalue weighted by molar-refractivity contribution is 0.300. The molecule has 1 aromatic carbocycles. The first kappa shape index (κ1) is 14.0. The van der Waals surface area contributed by atoms with E-state index in [1.165, 1.54) is 0 Å². The third-order valence-corrected chi connectivity index (χ3v) is 3.41. The molecule has 19 heavy (non-hydrogen) atoms. The summed E-state index contributed by atoms with van der Waals surface area (Å²) in [5.41, 5.74) is 6.54. The van der Waals surface area contributed by atoms with Gasteiger partial charge in [-0.3, -0.25) is 0 Å². The minimum absolute atomic E-state index is 0.396. The first-order valence-electron chi connectivity index (χ1n) is 5.88. The van der Waals surface area contributed by atoms with Gasteiger partial charge in [0.25, 0.3) is 0 Å². The SMILES string of the molecule is COc1ccc(OCc2cc(CN)oc2C)c(Br)c1. The summed E-state index contributed by atoms with van der Waals surface area (Å²) in [7, 11) is 1.63. The van der Waals surface area contributed by atoms with Gasteiger partial charge in [-0.25, -0.2) is 0 Å². The molecule has 0 radical (unpaired) electrons. The predicted molar refractivity (Wildman–Crippen MR) is 76.4 cm³/mol. The van der Waals surface area contributed by atoms with Gasteiger partial charge in [-0.1, -0.05) is 0 Å². The van der Waals surface area contributed by atoms with Crippen molar-refractivity contribution in [3.05, 3.63) is 45.8 Å². The van der Waals surface area contributed by atoms with Gasteiger partial charge >= 0.3 is 0 Å². The van der Waals surface area contributed by atoms with Crippen LogP contribution in [0.2, 0.25) is 0 Å². The molecule has 2 aromatic rings. The highest BCUT2D eigenvalue weighted by molar-refractivity contribution is 9.10. The fourth-order valence-corrected chi connectivity index (χ4v) is 2.18. The van der Waals surface area contributed by atoms with Gasteiger partial charge < -0.3 is 19.6 Å². The minimum atomic E-state index is 0.396. The molecular formula is C14H16BrNO3. The van der Waals surface area contributed by atoms with E-state index in [2.05, 4.69) is 15.9 Å². The highest BCUT2D eigenvalue weighted by atomic mass is 79.9. The van der Waals surface area contributed by atoms with Gasteiger partial charge in [0.15, 0.2) is 0 Å². The molecule has 0 spiro atoms. The lowest BCUT2D eigenvalue weighted by Gasteiger charge is -2.08. The number of nitrogens with two attached hydrogens (primary N) is 1. The van der Waals surface area contributed by atoms with E-state index in [0.29, 0.717) is 13.2 Å². The van der Waals surface area contributed by atoms with Crippen LogP contribution in [0.1, 0.15) is 17.1 Å². The van der Waals surface area contributed by atoms with E-state index in [0.717, 1.165) is 33.1 Å². The Morgan fingerprint density at radius 1 is 1.32 bits per heavy atom. The monoisotopic (exact) mass is 325 g/mol. The van der Waals surface area contributed by atoms with Gasteiger partial charge in [0.05, 0.1) is 18.1 Å². The van der Waals surface area contributed by atoms with E-state index >= 15 is 0 Å². The highest BCUT2D eigenvalue weighted by Gasteiger charge is 2.09. The molecule has 1 heterocycles. The van der Waals surface area contributed by atoms with Crippen molar-refractivity contribution in [2.75, 3.05) is 7.11 Å². The maximum Gasteiger partial charge on any atom is 0.134 e. The van der Waals surface area contributed by atoms with Crippen molar-refractivity contribution in [2.24, 2.45) is 5.73 Å². The number of methoxy groups -OCH3 is 1. The van der Waals surface area contributed by atoms with E-state index in [9.17, 15) is 0 Å². The van der Waals surface area contributed by atoms with Crippen molar-refractivity contribution in [2.45, 2.75) is 20.1 Å². The number of halogens is 1. The van der Waals surface area contributed by atoms with Crippen LogP contribution in [0.25, 0.3) is 0 Å². The fourth-order valence-electron chi connectivity index (χ4n) is 1.71. The number of hydrogen-bond acceptors (Lipinski definition) is 4. The standard InChI is InChI=1S/C14H16BrNO3/c1-9-10(5-12(7-16)19-9)8-18-14-4-3-11(17-2)6-13(14)15/h3-6H,7-8,16H2,1-2H3. The first-order valence-corrected chi connectivity index (χ1v) is 6.68. The molecule has 0 atom stereocenters. The van der Waals surface area contributed by atoms with Crippen molar-refractivity contribution in [1.82, 2.24) is 0 Å². The van der Waals surface area contributed by atoms with Gasteiger partial charge in [-0.15, -0.1) is 0 Å². The molecule has 1 aromatic heterocycles. The Bertz CT molecular complexity index is 566. The van der Waals surface area contributed by atoms with Crippen LogP contribution in [0, 0.1) is 6.92 Å². The van der Waals surface area contributed by atoms with Gasteiger partial charge in [0.1, 0.15) is 29.6 Å². The molecule has 0 bridgehead atoms. The molecule has 102 valence electrons. The van der Waals surface area contributed by atoms with Gasteiger partial charge in [-0.2, -0.15) is 0 Å². The summed E-state index contributed by atoms with van der Waals surface area (Å²) in [6.45, 7) is 2.74. The molecule has 0 fully saturated rings. The second-order valence-corrected chi connectivity index (χ2v) is 4.94. The van der Waals surface area contributed by atoms with Crippen molar-refractivity contribution >= 4 is 15.9 Å². The number of rotatable bonds is 5. The van der Waals surface area contributed by atoms with Crippen LogP contribution >= 0.6 is 15.9 Å². The average molecular weight is 326 g/mol. The minimum Gasteiger partial charge on any atom is -0.497 e. The summed E-state index contributed by atoms with van der Waals surface area (Å²) in [6.07, 6.45) is 0. The maximum absolute atomic E-state index is 5.76. The fraction of sp³-hybridized carbons (Fsp3) is 0.286. The molecule has 0 aliphatic heterocycles. The summed E-state index contributed by atoms with van der Waals surface area (Å²) in [4.78, 5) is 0. The second-order valence-electron chi connectivity index (χ2n) is 4.08. The van der Waals surface area contributed by atoms with E-state index < -0.39 is 0 Å². The molecule has 2 rings (SSSR count). The molecule has 0 amide bonds. The third-order valence-electron chi connectivity index (χ3n) is 2.80. The smallest absolute Gasteiger partial charge is 0.134 e. The first-order chi connectivity index (χ1) is 9.13. The summed E-state index contributed by atoms with van der Waals surface area (Å²) in [5, 5.41) is 0. The quantitative estimate of drug-likeness (QED) is 0.915. The molecule has 0 unspecified atom stereocenters. The van der Waals surface area contributed by atoms with Gasteiger partial charge in [-0.05, 0) is 47.1 Å². The Balaban J connectivity index is 2.07. The van der Waals surface area contributed by atoms with Crippen LogP contribution in [0.3, 0.4) is 0 Å². The van der Waals surface area contributed by atoms with Gasteiger partial charge in [0, 0.05) is 5.56 Å².